The van der Waals surface area contributed by atoms with Crippen LogP contribution in [0.5, 0.6) is 0 Å². The van der Waals surface area contributed by atoms with Crippen LogP contribution in [0.15, 0.2) is 30.7 Å². The standard InChI is InChI=1S/C13H17N3O3S/c1-4-6-16(7-5-2)13(19)14-9(3)11-15-10(8-20-11)12(17)18/h4-5,8-9H,1-2,6-7H2,3H3,(H,14,19)(H,17,18). The molecule has 1 aromatic rings. The molecule has 0 aliphatic heterocycles. The number of thiazole rings is 1. The van der Waals surface area contributed by atoms with Crippen LogP contribution in [0.1, 0.15) is 28.5 Å². The van der Waals surface area contributed by atoms with Crippen LogP contribution in [0.2, 0.25) is 0 Å². The maximum Gasteiger partial charge on any atom is 0.355 e. The number of amides is 2. The highest BCUT2D eigenvalue weighted by Crippen LogP contribution is 2.18. The van der Waals surface area contributed by atoms with Crippen molar-refractivity contribution in [2.75, 3.05) is 13.1 Å². The summed E-state index contributed by atoms with van der Waals surface area (Å²) in [5.41, 5.74) is -0.0138. The first kappa shape index (κ1) is 15.9. The summed E-state index contributed by atoms with van der Waals surface area (Å²) in [6.07, 6.45) is 3.25. The molecular weight excluding hydrogens is 278 g/mol. The topological polar surface area (TPSA) is 82.5 Å². The summed E-state index contributed by atoms with van der Waals surface area (Å²) < 4.78 is 0. The van der Waals surface area contributed by atoms with Crippen LogP contribution >= 0.6 is 11.3 Å². The average Bonchev–Trinajstić information content (AvgIpc) is 2.88. The number of aromatic carboxylic acids is 1. The molecule has 0 aromatic carbocycles. The van der Waals surface area contributed by atoms with Crippen LogP contribution in [0.4, 0.5) is 4.79 Å². The smallest absolute Gasteiger partial charge is 0.355 e. The van der Waals surface area contributed by atoms with E-state index in [1.54, 1.807) is 19.1 Å². The van der Waals surface area contributed by atoms with Crippen LogP contribution in [0.3, 0.4) is 0 Å². The van der Waals surface area contributed by atoms with Crippen molar-refractivity contribution in [1.29, 1.82) is 0 Å². The highest BCUT2D eigenvalue weighted by atomic mass is 32.1. The molecule has 0 spiro atoms. The summed E-state index contributed by atoms with van der Waals surface area (Å²) in [7, 11) is 0. The van der Waals surface area contributed by atoms with Gasteiger partial charge in [-0.05, 0) is 6.92 Å². The van der Waals surface area contributed by atoms with Crippen LogP contribution in [0.25, 0.3) is 0 Å². The highest BCUT2D eigenvalue weighted by molar-refractivity contribution is 7.09. The SMILES string of the molecule is C=CCN(CC=C)C(=O)NC(C)c1nc(C(=O)O)cs1. The minimum atomic E-state index is -1.08. The largest absolute Gasteiger partial charge is 0.476 e. The molecule has 2 N–H and O–H groups in total. The quantitative estimate of drug-likeness (QED) is 0.756. The van der Waals surface area contributed by atoms with E-state index in [0.29, 0.717) is 18.1 Å². The van der Waals surface area contributed by atoms with Crippen LogP contribution in [-0.2, 0) is 0 Å². The van der Waals surface area contributed by atoms with E-state index in [0.717, 1.165) is 0 Å². The second-order valence-corrected chi connectivity index (χ2v) is 4.92. The number of carboxylic acid groups (broad SMARTS) is 1. The Balaban J connectivity index is 2.69. The van der Waals surface area contributed by atoms with Crippen molar-refractivity contribution >= 4 is 23.3 Å². The van der Waals surface area contributed by atoms with E-state index in [1.165, 1.54) is 21.6 Å². The van der Waals surface area contributed by atoms with Crippen LogP contribution in [0, 0.1) is 0 Å². The number of rotatable bonds is 7. The van der Waals surface area contributed by atoms with Crippen molar-refractivity contribution in [2.45, 2.75) is 13.0 Å². The summed E-state index contributed by atoms with van der Waals surface area (Å²) in [4.78, 5) is 28.3. The summed E-state index contributed by atoms with van der Waals surface area (Å²) >= 11 is 1.20. The third-order valence-corrected chi connectivity index (χ3v) is 3.47. The van der Waals surface area contributed by atoms with Gasteiger partial charge in [0.05, 0.1) is 6.04 Å². The predicted molar refractivity (Wildman–Crippen MR) is 78.0 cm³/mol. The molecular formula is C13H17N3O3S. The van der Waals surface area contributed by atoms with Crippen molar-refractivity contribution in [1.82, 2.24) is 15.2 Å². The van der Waals surface area contributed by atoms with Gasteiger partial charge in [-0.15, -0.1) is 24.5 Å². The zero-order chi connectivity index (χ0) is 15.1. The number of aromatic nitrogens is 1. The average molecular weight is 295 g/mol. The number of nitrogens with zero attached hydrogens (tertiary/aromatic N) is 2. The Hall–Kier alpha value is -2.15. The number of carboxylic acids is 1. The monoisotopic (exact) mass is 295 g/mol. The van der Waals surface area contributed by atoms with E-state index in [4.69, 9.17) is 5.11 Å². The third kappa shape index (κ3) is 4.20. The predicted octanol–water partition coefficient (Wildman–Crippen LogP) is 2.29. The van der Waals surface area contributed by atoms with E-state index in [2.05, 4.69) is 23.5 Å². The lowest BCUT2D eigenvalue weighted by molar-refractivity contribution is 0.0691. The molecule has 1 heterocycles. The summed E-state index contributed by atoms with van der Waals surface area (Å²) in [5, 5.41) is 13.6. The van der Waals surface area contributed by atoms with Gasteiger partial charge in [0.2, 0.25) is 0 Å². The lowest BCUT2D eigenvalue weighted by atomic mass is 10.3. The lowest BCUT2D eigenvalue weighted by Crippen LogP contribution is -2.41. The zero-order valence-corrected chi connectivity index (χ0v) is 12.0. The zero-order valence-electron chi connectivity index (χ0n) is 11.2. The van der Waals surface area contributed by atoms with Gasteiger partial charge in [-0.2, -0.15) is 0 Å². The molecule has 108 valence electrons. The summed E-state index contributed by atoms with van der Waals surface area (Å²) in [6, 6.07) is -0.637. The Kier molecular flexibility index (Phi) is 5.92. The minimum Gasteiger partial charge on any atom is -0.476 e. The fourth-order valence-electron chi connectivity index (χ4n) is 1.47. The van der Waals surface area contributed by atoms with E-state index in [9.17, 15) is 9.59 Å². The van der Waals surface area contributed by atoms with E-state index in [1.807, 2.05) is 0 Å². The van der Waals surface area contributed by atoms with Gasteiger partial charge in [-0.1, -0.05) is 12.2 Å². The van der Waals surface area contributed by atoms with Crippen molar-refractivity contribution in [2.24, 2.45) is 0 Å². The van der Waals surface area contributed by atoms with E-state index >= 15 is 0 Å². The number of urea groups is 1. The van der Waals surface area contributed by atoms with Gasteiger partial charge in [0.25, 0.3) is 0 Å². The molecule has 0 aliphatic rings. The van der Waals surface area contributed by atoms with Gasteiger partial charge < -0.3 is 15.3 Å². The molecule has 1 aromatic heterocycles. The Labute approximate surface area is 121 Å². The molecule has 0 saturated carbocycles. The van der Waals surface area contributed by atoms with Gasteiger partial charge in [0.15, 0.2) is 5.69 Å². The van der Waals surface area contributed by atoms with Gasteiger partial charge in [0.1, 0.15) is 5.01 Å². The summed E-state index contributed by atoms with van der Waals surface area (Å²) in [6.45, 7) is 9.75. The molecule has 0 aliphatic carbocycles. The molecule has 20 heavy (non-hydrogen) atoms. The van der Waals surface area contributed by atoms with Gasteiger partial charge in [0, 0.05) is 18.5 Å². The molecule has 0 fully saturated rings. The van der Waals surface area contributed by atoms with Crippen LogP contribution < -0.4 is 5.32 Å². The molecule has 1 rings (SSSR count). The normalized spacial score (nSPS) is 11.4. The first-order valence-corrected chi connectivity index (χ1v) is 6.83. The van der Waals surface area contributed by atoms with Crippen molar-refractivity contribution in [3.05, 3.63) is 41.4 Å². The first-order valence-electron chi connectivity index (χ1n) is 5.95. The fraction of sp³-hybridized carbons (Fsp3) is 0.308. The molecule has 0 saturated heterocycles. The maximum absolute atomic E-state index is 12.0. The molecule has 0 radical (unpaired) electrons. The number of hydrogen-bond acceptors (Lipinski definition) is 4. The third-order valence-electron chi connectivity index (χ3n) is 2.44. The first-order chi connectivity index (χ1) is 9.49. The van der Waals surface area contributed by atoms with Crippen molar-refractivity contribution < 1.29 is 14.7 Å². The Morgan fingerprint density at radius 1 is 1.50 bits per heavy atom. The number of hydrogen-bond donors (Lipinski definition) is 2. The minimum absolute atomic E-state index is 0.0138. The second-order valence-electron chi connectivity index (χ2n) is 4.03. The Bertz CT molecular complexity index is 503. The lowest BCUT2D eigenvalue weighted by Gasteiger charge is -2.22. The summed E-state index contributed by atoms with van der Waals surface area (Å²) in [5.74, 6) is -1.08. The highest BCUT2D eigenvalue weighted by Gasteiger charge is 2.18. The van der Waals surface area contributed by atoms with E-state index < -0.39 is 5.97 Å². The molecule has 1 unspecified atom stereocenters. The number of carbonyl (C=O) groups excluding carboxylic acids is 1. The Morgan fingerprint density at radius 2 is 2.10 bits per heavy atom. The molecule has 1 atom stereocenters. The van der Waals surface area contributed by atoms with E-state index in [-0.39, 0.29) is 17.8 Å². The maximum atomic E-state index is 12.0. The van der Waals surface area contributed by atoms with Crippen molar-refractivity contribution in [3.8, 4) is 0 Å². The van der Waals surface area contributed by atoms with Gasteiger partial charge >= 0.3 is 12.0 Å². The van der Waals surface area contributed by atoms with Crippen molar-refractivity contribution in [3.63, 3.8) is 0 Å². The molecule has 2 amide bonds. The molecule has 7 heteroatoms. The Morgan fingerprint density at radius 3 is 2.55 bits per heavy atom. The second kappa shape index (κ2) is 7.44. The molecule has 0 bridgehead atoms. The van der Waals surface area contributed by atoms with Gasteiger partial charge in [-0.3, -0.25) is 0 Å². The van der Waals surface area contributed by atoms with Gasteiger partial charge in [-0.25, -0.2) is 14.6 Å². The molecule has 6 nitrogen and oxygen atoms in total. The number of carbonyl (C=O) groups is 2. The fourth-order valence-corrected chi connectivity index (χ4v) is 2.27. The number of nitrogens with one attached hydrogen (secondary N) is 1. The van der Waals surface area contributed by atoms with Crippen LogP contribution in [-0.4, -0.2) is 40.1 Å².